The first-order valence-electron chi connectivity index (χ1n) is 9.98. The molecule has 1 aliphatic carbocycles. The zero-order chi connectivity index (χ0) is 17.8. The predicted molar refractivity (Wildman–Crippen MR) is 97.7 cm³/mol. The Kier molecular flexibility index (Phi) is 5.70. The summed E-state index contributed by atoms with van der Waals surface area (Å²) in [6.45, 7) is 3.88. The van der Waals surface area contributed by atoms with Gasteiger partial charge in [0.05, 0.1) is 12.3 Å². The van der Waals surface area contributed by atoms with Crippen molar-refractivity contribution in [2.45, 2.75) is 51.2 Å². The molecule has 142 valence electrons. The molecule has 1 N–H and O–H groups in total. The second-order valence-corrected chi connectivity index (χ2v) is 7.65. The number of rotatable bonds is 5. The maximum Gasteiger partial charge on any atom is 0.223 e. The van der Waals surface area contributed by atoms with Gasteiger partial charge in [0, 0.05) is 38.4 Å². The molecule has 2 atom stereocenters. The summed E-state index contributed by atoms with van der Waals surface area (Å²) in [7, 11) is 0. The van der Waals surface area contributed by atoms with Crippen molar-refractivity contribution in [1.29, 1.82) is 0 Å². The highest BCUT2D eigenvalue weighted by Crippen LogP contribution is 2.27. The molecule has 0 bridgehead atoms. The number of nitrogens with one attached hydrogen (secondary N) is 1. The van der Waals surface area contributed by atoms with Gasteiger partial charge in [0.1, 0.15) is 6.10 Å². The fraction of sp³-hybridized carbons (Fsp3) is 0.700. The molecule has 3 heterocycles. The average molecular weight is 359 g/mol. The molecular weight excluding hydrogens is 330 g/mol. The first-order valence-corrected chi connectivity index (χ1v) is 9.98. The van der Waals surface area contributed by atoms with Gasteiger partial charge in [0.2, 0.25) is 5.91 Å². The number of amides is 1. The summed E-state index contributed by atoms with van der Waals surface area (Å²) in [5.74, 6) is 0.893. The van der Waals surface area contributed by atoms with Gasteiger partial charge in [0.25, 0.3) is 0 Å². The predicted octanol–water partition coefficient (Wildman–Crippen LogP) is 2.40. The van der Waals surface area contributed by atoms with E-state index in [1.165, 1.54) is 5.56 Å². The smallest absolute Gasteiger partial charge is 0.223 e. The number of carbonyl (C=O) groups is 1. The van der Waals surface area contributed by atoms with Crippen molar-refractivity contribution >= 4 is 5.91 Å². The summed E-state index contributed by atoms with van der Waals surface area (Å²) in [5, 5.41) is 7.90. The van der Waals surface area contributed by atoms with Gasteiger partial charge in [-0.05, 0) is 50.0 Å². The third-order valence-corrected chi connectivity index (χ3v) is 5.75. The molecule has 1 aromatic heterocycles. The lowest BCUT2D eigenvalue weighted by Crippen LogP contribution is -2.36. The normalized spacial score (nSPS) is 26.5. The van der Waals surface area contributed by atoms with Crippen LogP contribution >= 0.6 is 0 Å². The first kappa shape index (κ1) is 17.7. The van der Waals surface area contributed by atoms with Gasteiger partial charge < -0.3 is 14.8 Å². The number of carbonyl (C=O) groups excluding carboxylic acids is 1. The molecule has 1 fully saturated rings. The van der Waals surface area contributed by atoms with E-state index in [9.17, 15) is 4.79 Å². The van der Waals surface area contributed by atoms with Crippen molar-refractivity contribution in [3.8, 4) is 0 Å². The Bertz CT molecular complexity index is 649. The van der Waals surface area contributed by atoms with Crippen molar-refractivity contribution in [3.63, 3.8) is 0 Å². The molecule has 4 rings (SSSR count). The molecule has 0 saturated carbocycles. The van der Waals surface area contributed by atoms with E-state index >= 15 is 0 Å². The molecule has 1 amide bonds. The molecule has 1 aromatic rings. The monoisotopic (exact) mass is 359 g/mol. The van der Waals surface area contributed by atoms with Gasteiger partial charge in [0.15, 0.2) is 0 Å². The summed E-state index contributed by atoms with van der Waals surface area (Å²) in [4.78, 5) is 12.4. The molecule has 26 heavy (non-hydrogen) atoms. The minimum absolute atomic E-state index is 0.106. The Morgan fingerprint density at radius 2 is 2.12 bits per heavy atom. The number of hydrogen-bond acceptors (Lipinski definition) is 4. The molecule has 0 radical (unpaired) electrons. The third kappa shape index (κ3) is 4.18. The van der Waals surface area contributed by atoms with E-state index in [4.69, 9.17) is 14.6 Å². The van der Waals surface area contributed by atoms with Crippen LogP contribution in [0.15, 0.2) is 18.3 Å². The molecule has 3 aliphatic rings. The van der Waals surface area contributed by atoms with Crippen molar-refractivity contribution in [3.05, 3.63) is 29.6 Å². The van der Waals surface area contributed by atoms with Gasteiger partial charge in [-0.25, -0.2) is 0 Å². The Labute approximate surface area is 154 Å². The maximum atomic E-state index is 12.4. The van der Waals surface area contributed by atoms with Crippen molar-refractivity contribution in [1.82, 2.24) is 15.1 Å². The Balaban J connectivity index is 1.35. The standard InChI is InChI=1S/C20H29N3O3/c24-20(16-4-2-1-3-5-16)21-12-18-19-17(8-11-26-18)14-23(22-19)13-15-6-9-25-10-7-15/h1-2,14-16,18H,3-13H2,(H,21,24)/t16-,18+/m1/s1. The summed E-state index contributed by atoms with van der Waals surface area (Å²) in [6.07, 6.45) is 12.2. The van der Waals surface area contributed by atoms with E-state index in [2.05, 4.69) is 28.3 Å². The second kappa shape index (κ2) is 8.35. The number of ether oxygens (including phenoxy) is 2. The Morgan fingerprint density at radius 1 is 1.23 bits per heavy atom. The van der Waals surface area contributed by atoms with Crippen LogP contribution in [0.4, 0.5) is 0 Å². The van der Waals surface area contributed by atoms with E-state index in [-0.39, 0.29) is 17.9 Å². The van der Waals surface area contributed by atoms with Crippen LogP contribution in [0.1, 0.15) is 49.5 Å². The molecule has 0 spiro atoms. The summed E-state index contributed by atoms with van der Waals surface area (Å²) in [5.41, 5.74) is 2.27. The number of allylic oxidation sites excluding steroid dienone is 2. The van der Waals surface area contributed by atoms with Gasteiger partial charge in [-0.3, -0.25) is 9.48 Å². The zero-order valence-corrected chi connectivity index (χ0v) is 15.4. The van der Waals surface area contributed by atoms with Crippen LogP contribution in [-0.4, -0.2) is 42.1 Å². The number of nitrogens with zero attached hydrogens (tertiary/aromatic N) is 2. The largest absolute Gasteiger partial charge is 0.381 e. The maximum absolute atomic E-state index is 12.4. The molecule has 2 aliphatic heterocycles. The van der Waals surface area contributed by atoms with E-state index in [1.807, 2.05) is 0 Å². The SMILES string of the molecule is O=C(NC[C@@H]1OCCc2cn(CC3CCOCC3)nc21)[C@@H]1CC=CCC1. The van der Waals surface area contributed by atoms with Crippen LogP contribution in [0.3, 0.4) is 0 Å². The molecule has 6 nitrogen and oxygen atoms in total. The topological polar surface area (TPSA) is 65.4 Å². The van der Waals surface area contributed by atoms with Gasteiger partial charge >= 0.3 is 0 Å². The van der Waals surface area contributed by atoms with Crippen molar-refractivity contribution < 1.29 is 14.3 Å². The van der Waals surface area contributed by atoms with Crippen molar-refractivity contribution in [2.24, 2.45) is 11.8 Å². The molecule has 6 heteroatoms. The summed E-state index contributed by atoms with van der Waals surface area (Å²) in [6, 6.07) is 0. The number of fused-ring (bicyclic) bond motifs is 1. The van der Waals surface area contributed by atoms with Crippen LogP contribution in [0.2, 0.25) is 0 Å². The Morgan fingerprint density at radius 3 is 2.92 bits per heavy atom. The molecular formula is C20H29N3O3. The molecule has 1 saturated heterocycles. The quantitative estimate of drug-likeness (QED) is 0.820. The van der Waals surface area contributed by atoms with E-state index in [0.717, 1.165) is 64.0 Å². The Hall–Kier alpha value is -1.66. The highest BCUT2D eigenvalue weighted by atomic mass is 16.5. The first-order chi connectivity index (χ1) is 12.8. The van der Waals surface area contributed by atoms with E-state index in [0.29, 0.717) is 19.1 Å². The van der Waals surface area contributed by atoms with Gasteiger partial charge in [-0.15, -0.1) is 0 Å². The fourth-order valence-electron chi connectivity index (χ4n) is 4.14. The van der Waals surface area contributed by atoms with Gasteiger partial charge in [-0.2, -0.15) is 5.10 Å². The van der Waals surface area contributed by atoms with Gasteiger partial charge in [-0.1, -0.05) is 12.2 Å². The summed E-state index contributed by atoms with van der Waals surface area (Å²) >= 11 is 0. The lowest BCUT2D eigenvalue weighted by molar-refractivity contribution is -0.126. The van der Waals surface area contributed by atoms with Crippen LogP contribution in [-0.2, 0) is 27.2 Å². The van der Waals surface area contributed by atoms with Crippen LogP contribution in [0.5, 0.6) is 0 Å². The number of hydrogen-bond donors (Lipinski definition) is 1. The third-order valence-electron chi connectivity index (χ3n) is 5.75. The summed E-state index contributed by atoms with van der Waals surface area (Å²) < 4.78 is 13.4. The lowest BCUT2D eigenvalue weighted by atomic mass is 9.93. The van der Waals surface area contributed by atoms with Crippen molar-refractivity contribution in [2.75, 3.05) is 26.4 Å². The molecule has 0 unspecified atom stereocenters. The van der Waals surface area contributed by atoms with E-state index < -0.39 is 0 Å². The fourth-order valence-corrected chi connectivity index (χ4v) is 4.14. The highest BCUT2D eigenvalue weighted by molar-refractivity contribution is 5.79. The minimum atomic E-state index is -0.127. The number of aromatic nitrogens is 2. The van der Waals surface area contributed by atoms with Crippen LogP contribution < -0.4 is 5.32 Å². The van der Waals surface area contributed by atoms with Crippen LogP contribution in [0, 0.1) is 11.8 Å². The zero-order valence-electron chi connectivity index (χ0n) is 15.4. The average Bonchev–Trinajstić information content (AvgIpc) is 3.10. The molecule has 0 aromatic carbocycles. The van der Waals surface area contributed by atoms with E-state index in [1.54, 1.807) is 0 Å². The second-order valence-electron chi connectivity index (χ2n) is 7.65. The lowest BCUT2D eigenvalue weighted by Gasteiger charge is -2.24. The highest BCUT2D eigenvalue weighted by Gasteiger charge is 2.27. The minimum Gasteiger partial charge on any atom is -0.381 e. The van der Waals surface area contributed by atoms with Crippen LogP contribution in [0.25, 0.3) is 0 Å².